The van der Waals surface area contributed by atoms with Crippen LogP contribution in [-0.4, -0.2) is 29.0 Å². The SMILES string of the molecule is CC1CN(Cc2ccc(F)c(CN)c2)CCS1. The highest BCUT2D eigenvalue weighted by Crippen LogP contribution is 2.20. The second-order valence-corrected chi connectivity index (χ2v) is 6.09. The van der Waals surface area contributed by atoms with Crippen LogP contribution in [0.4, 0.5) is 4.39 Å². The van der Waals surface area contributed by atoms with Gasteiger partial charge in [-0.25, -0.2) is 4.39 Å². The molecule has 0 saturated carbocycles. The number of hydrogen-bond donors (Lipinski definition) is 1. The predicted molar refractivity (Wildman–Crippen MR) is 71.5 cm³/mol. The van der Waals surface area contributed by atoms with Crippen molar-refractivity contribution in [1.82, 2.24) is 4.90 Å². The highest BCUT2D eigenvalue weighted by molar-refractivity contribution is 7.99. The van der Waals surface area contributed by atoms with Gasteiger partial charge in [0.25, 0.3) is 0 Å². The van der Waals surface area contributed by atoms with E-state index >= 15 is 0 Å². The van der Waals surface area contributed by atoms with Gasteiger partial charge in [0.15, 0.2) is 0 Å². The minimum absolute atomic E-state index is 0.196. The Kier molecular flexibility index (Phi) is 4.42. The number of nitrogens with zero attached hydrogens (tertiary/aromatic N) is 1. The average molecular weight is 254 g/mol. The summed E-state index contributed by atoms with van der Waals surface area (Å²) < 4.78 is 13.3. The van der Waals surface area contributed by atoms with Crippen molar-refractivity contribution in [2.75, 3.05) is 18.8 Å². The van der Waals surface area contributed by atoms with Gasteiger partial charge in [-0.15, -0.1) is 0 Å². The maximum absolute atomic E-state index is 13.3. The molecule has 4 heteroatoms. The van der Waals surface area contributed by atoms with Gasteiger partial charge in [0.05, 0.1) is 0 Å². The monoisotopic (exact) mass is 254 g/mol. The van der Waals surface area contributed by atoms with E-state index in [2.05, 4.69) is 11.8 Å². The molecule has 1 aliphatic rings. The van der Waals surface area contributed by atoms with Gasteiger partial charge in [-0.05, 0) is 11.6 Å². The lowest BCUT2D eigenvalue weighted by Gasteiger charge is -2.30. The smallest absolute Gasteiger partial charge is 0.127 e. The Morgan fingerprint density at radius 1 is 1.53 bits per heavy atom. The van der Waals surface area contributed by atoms with Gasteiger partial charge < -0.3 is 5.73 Å². The van der Waals surface area contributed by atoms with Crippen LogP contribution in [0, 0.1) is 5.82 Å². The Morgan fingerprint density at radius 2 is 2.35 bits per heavy atom. The summed E-state index contributed by atoms with van der Waals surface area (Å²) in [5, 5.41) is 0.693. The van der Waals surface area contributed by atoms with Gasteiger partial charge in [-0.1, -0.05) is 19.1 Å². The van der Waals surface area contributed by atoms with Crippen LogP contribution in [0.3, 0.4) is 0 Å². The molecule has 1 atom stereocenters. The maximum Gasteiger partial charge on any atom is 0.127 e. The molecule has 0 aliphatic carbocycles. The molecule has 1 heterocycles. The molecule has 0 bridgehead atoms. The molecule has 94 valence electrons. The second-order valence-electron chi connectivity index (χ2n) is 4.55. The molecule has 17 heavy (non-hydrogen) atoms. The Balaban J connectivity index is 2.02. The summed E-state index contributed by atoms with van der Waals surface area (Å²) >= 11 is 2.02. The van der Waals surface area contributed by atoms with Crippen LogP contribution in [0.2, 0.25) is 0 Å². The molecule has 2 rings (SSSR count). The first-order valence-corrected chi connectivity index (χ1v) is 7.05. The van der Waals surface area contributed by atoms with Crippen LogP contribution in [-0.2, 0) is 13.1 Å². The van der Waals surface area contributed by atoms with Crippen LogP contribution < -0.4 is 5.73 Å². The van der Waals surface area contributed by atoms with Crippen molar-refractivity contribution in [2.45, 2.75) is 25.3 Å². The van der Waals surface area contributed by atoms with Crippen molar-refractivity contribution in [3.8, 4) is 0 Å². The zero-order chi connectivity index (χ0) is 12.3. The van der Waals surface area contributed by atoms with E-state index in [1.807, 2.05) is 23.9 Å². The number of nitrogens with two attached hydrogens (primary N) is 1. The lowest BCUT2D eigenvalue weighted by atomic mass is 10.1. The molecule has 0 radical (unpaired) electrons. The summed E-state index contributed by atoms with van der Waals surface area (Å²) in [6, 6.07) is 5.28. The average Bonchev–Trinajstić information content (AvgIpc) is 2.32. The summed E-state index contributed by atoms with van der Waals surface area (Å²) in [6.45, 7) is 5.65. The predicted octanol–water partition coefficient (Wildman–Crippen LogP) is 2.22. The van der Waals surface area contributed by atoms with E-state index in [4.69, 9.17) is 5.73 Å². The van der Waals surface area contributed by atoms with Gasteiger partial charge in [0, 0.05) is 42.7 Å². The molecule has 1 fully saturated rings. The third-order valence-electron chi connectivity index (χ3n) is 3.06. The molecule has 1 saturated heterocycles. The van der Waals surface area contributed by atoms with Crippen molar-refractivity contribution < 1.29 is 4.39 Å². The molecule has 1 unspecified atom stereocenters. The molecule has 2 N–H and O–H groups in total. The van der Waals surface area contributed by atoms with Crippen LogP contribution in [0.1, 0.15) is 18.1 Å². The normalized spacial score (nSPS) is 21.7. The molecule has 0 amide bonds. The fourth-order valence-corrected chi connectivity index (χ4v) is 3.26. The lowest BCUT2D eigenvalue weighted by Crippen LogP contribution is -2.36. The fourth-order valence-electron chi connectivity index (χ4n) is 2.18. The van der Waals surface area contributed by atoms with Gasteiger partial charge in [0.1, 0.15) is 5.82 Å². The van der Waals surface area contributed by atoms with Crippen molar-refractivity contribution in [1.29, 1.82) is 0 Å². The molecule has 2 nitrogen and oxygen atoms in total. The zero-order valence-electron chi connectivity index (χ0n) is 10.2. The molecule has 1 aromatic rings. The van der Waals surface area contributed by atoms with E-state index in [9.17, 15) is 4.39 Å². The molecular formula is C13H19FN2S. The van der Waals surface area contributed by atoms with E-state index in [1.165, 1.54) is 11.8 Å². The van der Waals surface area contributed by atoms with Gasteiger partial charge in [-0.2, -0.15) is 11.8 Å². The first-order valence-electron chi connectivity index (χ1n) is 6.00. The molecule has 0 spiro atoms. The Bertz CT molecular complexity index is 384. The summed E-state index contributed by atoms with van der Waals surface area (Å²) in [4.78, 5) is 2.43. The summed E-state index contributed by atoms with van der Waals surface area (Å²) in [6.07, 6.45) is 0. The van der Waals surface area contributed by atoms with Crippen LogP contribution >= 0.6 is 11.8 Å². The summed E-state index contributed by atoms with van der Waals surface area (Å²) in [7, 11) is 0. The number of thioether (sulfide) groups is 1. The van der Waals surface area contributed by atoms with Gasteiger partial charge in [-0.3, -0.25) is 4.90 Å². The first-order chi connectivity index (χ1) is 8.19. The van der Waals surface area contributed by atoms with Crippen molar-refractivity contribution in [3.05, 3.63) is 35.1 Å². The van der Waals surface area contributed by atoms with Crippen molar-refractivity contribution in [3.63, 3.8) is 0 Å². The minimum Gasteiger partial charge on any atom is -0.326 e. The van der Waals surface area contributed by atoms with Crippen molar-refractivity contribution in [2.24, 2.45) is 5.73 Å². The summed E-state index contributed by atoms with van der Waals surface area (Å²) in [5.41, 5.74) is 7.29. The second kappa shape index (κ2) is 5.85. The fraction of sp³-hybridized carbons (Fsp3) is 0.538. The highest BCUT2D eigenvalue weighted by Gasteiger charge is 2.16. The Morgan fingerprint density at radius 3 is 3.06 bits per heavy atom. The Labute approximate surface area is 106 Å². The molecule has 0 aromatic heterocycles. The topological polar surface area (TPSA) is 29.3 Å². The summed E-state index contributed by atoms with van der Waals surface area (Å²) in [5.74, 6) is 0.991. The van der Waals surface area contributed by atoms with E-state index in [-0.39, 0.29) is 12.4 Å². The van der Waals surface area contributed by atoms with E-state index < -0.39 is 0 Å². The quantitative estimate of drug-likeness (QED) is 0.897. The number of hydrogen-bond acceptors (Lipinski definition) is 3. The van der Waals surface area contributed by atoms with Crippen LogP contribution in [0.15, 0.2) is 18.2 Å². The maximum atomic E-state index is 13.3. The van der Waals surface area contributed by atoms with E-state index in [1.54, 1.807) is 0 Å². The van der Waals surface area contributed by atoms with Gasteiger partial charge >= 0.3 is 0 Å². The molecule has 1 aliphatic heterocycles. The Hall–Kier alpha value is -0.580. The number of halogens is 1. The molecular weight excluding hydrogens is 235 g/mol. The number of rotatable bonds is 3. The standard InChI is InChI=1S/C13H19FN2S/c1-10-8-16(4-5-17-10)9-11-2-3-13(14)12(6-11)7-15/h2-3,6,10H,4-5,7-9,15H2,1H3. The lowest BCUT2D eigenvalue weighted by molar-refractivity contribution is 0.278. The largest absolute Gasteiger partial charge is 0.326 e. The highest BCUT2D eigenvalue weighted by atomic mass is 32.2. The van der Waals surface area contributed by atoms with Crippen LogP contribution in [0.5, 0.6) is 0 Å². The molecule has 1 aromatic carbocycles. The third-order valence-corrected chi connectivity index (χ3v) is 4.20. The zero-order valence-corrected chi connectivity index (χ0v) is 11.0. The minimum atomic E-state index is -0.196. The van der Waals surface area contributed by atoms with E-state index in [0.717, 1.165) is 25.2 Å². The van der Waals surface area contributed by atoms with Crippen LogP contribution in [0.25, 0.3) is 0 Å². The number of benzene rings is 1. The van der Waals surface area contributed by atoms with Crippen molar-refractivity contribution >= 4 is 11.8 Å². The third kappa shape index (κ3) is 3.44. The van der Waals surface area contributed by atoms with E-state index in [0.29, 0.717) is 10.8 Å². The first kappa shape index (κ1) is 12.9. The van der Waals surface area contributed by atoms with Gasteiger partial charge in [0.2, 0.25) is 0 Å².